The highest BCUT2D eigenvalue weighted by atomic mass is 79.9. The van der Waals surface area contributed by atoms with Crippen LogP contribution in [0.25, 0.3) is 0 Å². The molecule has 0 unspecified atom stereocenters. The van der Waals surface area contributed by atoms with Crippen LogP contribution in [0, 0.1) is 6.92 Å². The van der Waals surface area contributed by atoms with Crippen molar-refractivity contribution in [1.82, 2.24) is 0 Å². The van der Waals surface area contributed by atoms with Gasteiger partial charge in [0, 0.05) is 15.6 Å². The summed E-state index contributed by atoms with van der Waals surface area (Å²) >= 11 is 6.80. The van der Waals surface area contributed by atoms with Crippen molar-refractivity contribution in [1.29, 1.82) is 0 Å². The molecule has 5 heteroatoms. The molecule has 3 N–H and O–H groups in total. The number of phenols is 1. The van der Waals surface area contributed by atoms with Crippen molar-refractivity contribution in [2.45, 2.75) is 13.5 Å². The Hall–Kier alpha value is -1.07. The number of aromatic hydroxyl groups is 1. The minimum Gasteiger partial charge on any atom is -0.508 e. The maximum absolute atomic E-state index is 9.75. The molecule has 18 heavy (non-hydrogen) atoms. The molecule has 0 spiro atoms. The van der Waals surface area contributed by atoms with Crippen LogP contribution < -0.4 is 10.3 Å². The van der Waals surface area contributed by atoms with E-state index in [4.69, 9.17) is 0 Å². The van der Waals surface area contributed by atoms with Gasteiger partial charge in [-0.05, 0) is 47.1 Å². The number of halogens is 2. The lowest BCUT2D eigenvalue weighted by Gasteiger charge is -2.05. The van der Waals surface area contributed by atoms with Crippen molar-refractivity contribution in [2.24, 2.45) is 0 Å². The smallest absolute Gasteiger partial charge is 0.275 e. The van der Waals surface area contributed by atoms with Gasteiger partial charge in [0.15, 0.2) is 0 Å². The molecule has 0 saturated carbocycles. The molecule has 1 aromatic heterocycles. The summed E-state index contributed by atoms with van der Waals surface area (Å²) in [6.45, 7) is 2.58. The first-order valence-electron chi connectivity index (χ1n) is 5.45. The van der Waals surface area contributed by atoms with E-state index in [0.717, 1.165) is 25.9 Å². The number of aryl methyl sites for hydroxylation is 1. The van der Waals surface area contributed by atoms with Crippen LogP contribution in [0.4, 0.5) is 5.82 Å². The van der Waals surface area contributed by atoms with Crippen LogP contribution in [-0.4, -0.2) is 5.11 Å². The summed E-state index contributed by atoms with van der Waals surface area (Å²) in [4.78, 5) is 3.16. The second-order valence-corrected chi connectivity index (χ2v) is 5.83. The van der Waals surface area contributed by atoms with Gasteiger partial charge in [0.05, 0.1) is 4.47 Å². The van der Waals surface area contributed by atoms with Gasteiger partial charge < -0.3 is 5.11 Å². The number of benzene rings is 1. The maximum Gasteiger partial charge on any atom is 0.275 e. The summed E-state index contributed by atoms with van der Waals surface area (Å²) in [5.74, 6) is 1.23. The van der Waals surface area contributed by atoms with Gasteiger partial charge in [0.2, 0.25) is 0 Å². The molecule has 0 fully saturated rings. The average Bonchev–Trinajstić information content (AvgIpc) is 2.32. The highest BCUT2D eigenvalue weighted by Crippen LogP contribution is 2.23. The molecule has 94 valence electrons. The summed E-state index contributed by atoms with van der Waals surface area (Å²) < 4.78 is 1.96. The van der Waals surface area contributed by atoms with Crippen LogP contribution >= 0.6 is 31.9 Å². The topological polar surface area (TPSA) is 46.4 Å². The van der Waals surface area contributed by atoms with E-state index in [2.05, 4.69) is 42.2 Å². The van der Waals surface area contributed by atoms with Gasteiger partial charge >= 0.3 is 0 Å². The molecular weight excluding hydrogens is 360 g/mol. The van der Waals surface area contributed by atoms with Gasteiger partial charge in [-0.3, -0.25) is 5.32 Å². The Bertz CT molecular complexity index is 573. The molecule has 3 nitrogen and oxygen atoms in total. The lowest BCUT2D eigenvalue weighted by molar-refractivity contribution is -0.362. The summed E-state index contributed by atoms with van der Waals surface area (Å²) in [5.41, 5.74) is 1.96. The largest absolute Gasteiger partial charge is 0.508 e. The molecule has 0 amide bonds. The number of anilines is 1. The predicted molar refractivity (Wildman–Crippen MR) is 78.6 cm³/mol. The van der Waals surface area contributed by atoms with E-state index in [0.29, 0.717) is 12.3 Å². The summed E-state index contributed by atoms with van der Waals surface area (Å²) in [7, 11) is 0. The maximum atomic E-state index is 9.75. The van der Waals surface area contributed by atoms with E-state index in [1.807, 2.05) is 31.3 Å². The molecule has 2 rings (SSSR count). The second-order valence-electron chi connectivity index (χ2n) is 4.00. The second kappa shape index (κ2) is 5.71. The normalized spacial score (nSPS) is 10.4. The Morgan fingerprint density at radius 3 is 2.72 bits per heavy atom. The third kappa shape index (κ3) is 3.23. The van der Waals surface area contributed by atoms with Gasteiger partial charge in [0.1, 0.15) is 18.5 Å². The van der Waals surface area contributed by atoms with Crippen molar-refractivity contribution in [2.75, 3.05) is 5.32 Å². The van der Waals surface area contributed by atoms with E-state index in [-0.39, 0.29) is 0 Å². The van der Waals surface area contributed by atoms with Crippen LogP contribution in [0.15, 0.2) is 39.4 Å². The molecular formula is C13H13Br2N2O+. The quantitative estimate of drug-likeness (QED) is 0.863. The summed E-state index contributed by atoms with van der Waals surface area (Å²) in [5, 5.41) is 13.0. The highest BCUT2D eigenvalue weighted by Gasteiger charge is 2.09. The van der Waals surface area contributed by atoms with E-state index >= 15 is 0 Å². The minimum absolute atomic E-state index is 0.292. The fourth-order valence-electron chi connectivity index (χ4n) is 1.65. The average molecular weight is 373 g/mol. The molecule has 0 aliphatic rings. The van der Waals surface area contributed by atoms with Gasteiger partial charge in [-0.25, -0.2) is 4.98 Å². The Kier molecular flexibility index (Phi) is 4.24. The Morgan fingerprint density at radius 1 is 1.22 bits per heavy atom. The van der Waals surface area contributed by atoms with E-state index in [9.17, 15) is 5.11 Å². The zero-order valence-corrected chi connectivity index (χ0v) is 13.0. The Morgan fingerprint density at radius 2 is 2.00 bits per heavy atom. The summed E-state index contributed by atoms with van der Waals surface area (Å²) in [6.07, 6.45) is 1.87. The number of aromatic nitrogens is 1. The van der Waals surface area contributed by atoms with Crippen molar-refractivity contribution in [3.63, 3.8) is 0 Å². The van der Waals surface area contributed by atoms with Crippen LogP contribution in [0.5, 0.6) is 5.75 Å². The number of H-pyrrole nitrogens is 1. The molecule has 0 radical (unpaired) electrons. The standard InChI is InChI=1S/C13H12Br2N2O/c1-8-4-11(15)7-17-13(8)16-6-9-5-10(14)2-3-12(9)18/h2-5,7,18H,6H2,1H3,(H,16,17)/p+1. The van der Waals surface area contributed by atoms with E-state index < -0.39 is 0 Å². The Labute approximate surface area is 123 Å². The molecule has 0 aliphatic heterocycles. The minimum atomic E-state index is 0.292. The van der Waals surface area contributed by atoms with Gasteiger partial charge in [-0.2, -0.15) is 0 Å². The fraction of sp³-hybridized carbons (Fsp3) is 0.154. The van der Waals surface area contributed by atoms with Crippen molar-refractivity contribution in [3.8, 4) is 5.75 Å². The molecule has 1 heterocycles. The lowest BCUT2D eigenvalue weighted by atomic mass is 10.2. The number of pyridine rings is 1. The molecule has 0 saturated heterocycles. The van der Waals surface area contributed by atoms with Gasteiger partial charge in [-0.1, -0.05) is 15.9 Å². The first-order valence-corrected chi connectivity index (χ1v) is 7.04. The number of hydrogen-bond donors (Lipinski definition) is 2. The van der Waals surface area contributed by atoms with Crippen LogP contribution in [-0.2, 0) is 6.54 Å². The third-order valence-corrected chi connectivity index (χ3v) is 3.55. The van der Waals surface area contributed by atoms with Crippen LogP contribution in [0.1, 0.15) is 11.1 Å². The van der Waals surface area contributed by atoms with Crippen molar-refractivity contribution in [3.05, 3.63) is 50.5 Å². The molecule has 0 atom stereocenters. The number of nitrogens with one attached hydrogen (secondary N) is 2. The number of hydrogen-bond acceptors (Lipinski definition) is 2. The van der Waals surface area contributed by atoms with E-state index in [1.165, 1.54) is 0 Å². The summed E-state index contributed by atoms with van der Waals surface area (Å²) in [6, 6.07) is 7.42. The zero-order chi connectivity index (χ0) is 13.1. The molecule has 0 bridgehead atoms. The molecule has 1 aromatic carbocycles. The van der Waals surface area contributed by atoms with Crippen molar-refractivity contribution < 1.29 is 10.1 Å². The number of rotatable bonds is 3. The van der Waals surface area contributed by atoms with Crippen LogP contribution in [0.3, 0.4) is 0 Å². The van der Waals surface area contributed by atoms with Crippen molar-refractivity contribution >= 4 is 37.7 Å². The first kappa shape index (κ1) is 13.4. The number of phenolic OH excluding ortho intramolecular Hbond substituents is 1. The first-order chi connectivity index (χ1) is 8.56. The van der Waals surface area contributed by atoms with Gasteiger partial charge in [-0.15, -0.1) is 0 Å². The van der Waals surface area contributed by atoms with Gasteiger partial charge in [0.25, 0.3) is 5.82 Å². The fourth-order valence-corrected chi connectivity index (χ4v) is 2.51. The highest BCUT2D eigenvalue weighted by molar-refractivity contribution is 9.10. The zero-order valence-electron chi connectivity index (χ0n) is 9.80. The monoisotopic (exact) mass is 371 g/mol. The number of aromatic amines is 1. The molecule has 2 aromatic rings. The van der Waals surface area contributed by atoms with Crippen LogP contribution in [0.2, 0.25) is 0 Å². The molecule has 0 aliphatic carbocycles. The van der Waals surface area contributed by atoms with E-state index in [1.54, 1.807) is 6.07 Å². The Balaban J connectivity index is 2.13. The lowest BCUT2D eigenvalue weighted by Crippen LogP contribution is -2.14. The SMILES string of the molecule is Cc1cc(Br)c[nH+]c1NCc1cc(Br)ccc1O. The third-order valence-electron chi connectivity index (χ3n) is 2.60. The predicted octanol–water partition coefficient (Wildman–Crippen LogP) is 3.65.